The lowest BCUT2D eigenvalue weighted by molar-refractivity contribution is -0.318. The second kappa shape index (κ2) is 29.6. The van der Waals surface area contributed by atoms with E-state index in [2.05, 4.69) is 43.7 Å². The van der Waals surface area contributed by atoms with Crippen molar-refractivity contribution in [3.63, 3.8) is 0 Å². The van der Waals surface area contributed by atoms with Crippen LogP contribution in [-0.2, 0) is 38.0 Å². The molecule has 3 heterocycles. The van der Waals surface area contributed by atoms with Crippen LogP contribution in [0.4, 0.5) is 0 Å². The zero-order valence-corrected chi connectivity index (χ0v) is 49.7. The fourth-order valence-corrected chi connectivity index (χ4v) is 14.2. The van der Waals surface area contributed by atoms with Gasteiger partial charge in [0.2, 0.25) is 5.91 Å². The highest BCUT2D eigenvalue weighted by Gasteiger charge is 2.53. The zero-order chi connectivity index (χ0) is 54.6. The minimum absolute atomic E-state index is 0. The van der Waals surface area contributed by atoms with Gasteiger partial charge in [-0.15, -0.1) is 0 Å². The summed E-state index contributed by atoms with van der Waals surface area (Å²) in [5.74, 6) is -3.21. The molecule has 74 heavy (non-hydrogen) atoms. The Bertz CT molecular complexity index is 1810. The van der Waals surface area contributed by atoms with Crippen LogP contribution in [0.25, 0.3) is 0 Å². The van der Waals surface area contributed by atoms with Crippen molar-refractivity contribution in [2.24, 2.45) is 17.8 Å². The fraction of sp³-hybridized carbons (Fsp3) is 0.860. The summed E-state index contributed by atoms with van der Waals surface area (Å²) in [7, 11) is 4.18. The van der Waals surface area contributed by atoms with Crippen molar-refractivity contribution in [1.82, 2.24) is 9.80 Å². The van der Waals surface area contributed by atoms with Crippen LogP contribution in [-0.4, -0.2) is 185 Å². The summed E-state index contributed by atoms with van der Waals surface area (Å²) in [5.41, 5.74) is -4.75. The molecule has 0 radical (unpaired) electrons. The lowest BCUT2D eigenvalue weighted by Gasteiger charge is -2.48. The van der Waals surface area contributed by atoms with E-state index < -0.39 is 103 Å². The average Bonchev–Trinajstić information content (AvgIpc) is 3.33. The predicted octanol–water partition coefficient (Wildman–Crippen LogP) is 4.31. The number of aliphatic hydroxyl groups is 5. The van der Waals surface area contributed by atoms with E-state index in [0.717, 1.165) is 25.7 Å². The molecule has 17 heteroatoms. The molecule has 4 rings (SSSR count). The maximum atomic E-state index is 14.6. The van der Waals surface area contributed by atoms with Crippen LogP contribution < -0.4 is 17.7 Å². The number of aliphatic hydroxyl groups excluding tert-OH is 3. The Labute approximate surface area is 453 Å². The number of halogens is 1. The molecule has 3 fully saturated rings. The summed E-state index contributed by atoms with van der Waals surface area (Å²) < 4.78 is 38.1. The lowest BCUT2D eigenvalue weighted by Crippen LogP contribution is -3.00. The molecule has 0 spiro atoms. The largest absolute Gasteiger partial charge is 1.00 e. The molecular formula is C57H102ClN2O13P. The first kappa shape index (κ1) is 66.7. The van der Waals surface area contributed by atoms with E-state index in [9.17, 15) is 35.1 Å². The maximum Gasteiger partial charge on any atom is 0.311 e. The van der Waals surface area contributed by atoms with Crippen LogP contribution in [0.3, 0.4) is 0 Å². The SMILES string of the molecule is CC[C@H]1OC(=O)[C@H](C)[C@@H](O[C@H]2C[C@@](C)(OC)[C@@H](O)[C@H](C)O2)[C@H](C)[C@@H](O[C@@H]2O[C@H](C)C[C@H](N(C)C)[C@H]2O)[C@](C)(O)C[C@@H](C)CN(C(=O)CCCCCCCCCCC[P+](C)(C)c2ccccc2)[C@H](C)[C@@H](O)[C@]1(C)O.[Cl-]. The molecule has 1 aromatic carbocycles. The Kier molecular flexibility index (Phi) is 26.7. The molecule has 3 aliphatic rings. The number of unbranched alkanes of at least 4 members (excludes halogenated alkanes) is 8. The van der Waals surface area contributed by atoms with Gasteiger partial charge < -0.3 is 76.2 Å². The fourth-order valence-electron chi connectivity index (χ4n) is 12.0. The number of ether oxygens (including phenoxy) is 6. The molecule has 0 aromatic heterocycles. The van der Waals surface area contributed by atoms with Crippen molar-refractivity contribution in [2.75, 3.05) is 47.2 Å². The first-order chi connectivity index (χ1) is 34.1. The number of hydrogen-bond donors (Lipinski definition) is 5. The van der Waals surface area contributed by atoms with Gasteiger partial charge in [-0.05, 0) is 119 Å². The normalized spacial score (nSPS) is 38.1. The van der Waals surface area contributed by atoms with E-state index in [4.69, 9.17) is 28.4 Å². The van der Waals surface area contributed by atoms with Crippen molar-refractivity contribution >= 4 is 24.4 Å². The molecule has 3 aliphatic heterocycles. The Morgan fingerprint density at radius 1 is 0.838 bits per heavy atom. The average molecular weight is 1090 g/mol. The molecule has 15 nitrogen and oxygen atoms in total. The molecule has 0 saturated carbocycles. The molecule has 0 bridgehead atoms. The van der Waals surface area contributed by atoms with Gasteiger partial charge >= 0.3 is 5.97 Å². The number of carbonyl (C=O) groups excluding carboxylic acids is 2. The number of cyclic esters (lactones) is 1. The van der Waals surface area contributed by atoms with Crippen LogP contribution in [0, 0.1) is 17.8 Å². The van der Waals surface area contributed by atoms with Crippen LogP contribution in [0.1, 0.15) is 159 Å². The van der Waals surface area contributed by atoms with Crippen molar-refractivity contribution in [1.29, 1.82) is 0 Å². The van der Waals surface area contributed by atoms with E-state index >= 15 is 0 Å². The number of methoxy groups -OCH3 is 1. The van der Waals surface area contributed by atoms with Gasteiger partial charge in [0.15, 0.2) is 12.6 Å². The molecule has 0 aliphatic carbocycles. The minimum Gasteiger partial charge on any atom is -1.00 e. The van der Waals surface area contributed by atoms with Crippen molar-refractivity contribution in [3.8, 4) is 0 Å². The standard InChI is InChI=1S/C57H102N2O13P.ClH/c1-16-45-57(10,66)50(62)41(6)59(46(60)31-27-22-20-18-17-19-21-23-28-32-73(14,15)43-29-25-24-26-30-43)36-37(2)34-55(8,65)52(72-54-48(61)44(58(11)12)33-38(3)68-54)39(4)49(40(5)53(64)70-45)71-47-35-56(9,67-13)51(63)42(7)69-47;/h24-26,29-30,37-42,44-45,47-52,54,61-63,65-66H,16-23,27-28,31-36H2,1-15H3;1H/q+1;/p-1/t37-,38-,39+,40-,41-,42+,44+,45-,47+,48-,49+,50-,51+,52-,54+,55-,56-,57-;/m1./s1. The number of rotatable bonds is 20. The Hall–Kier alpha value is -1.56. The van der Waals surface area contributed by atoms with Gasteiger partial charge in [0, 0.05) is 45.7 Å². The number of likely N-dealkylation sites (N-methyl/N-ethyl adjacent to an activating group) is 1. The van der Waals surface area contributed by atoms with Crippen LogP contribution in [0.15, 0.2) is 30.3 Å². The lowest BCUT2D eigenvalue weighted by atomic mass is 9.77. The molecule has 430 valence electrons. The highest BCUT2D eigenvalue weighted by atomic mass is 35.5. The highest BCUT2D eigenvalue weighted by molar-refractivity contribution is 7.81. The van der Waals surface area contributed by atoms with Gasteiger partial charge in [-0.1, -0.05) is 77.5 Å². The summed E-state index contributed by atoms with van der Waals surface area (Å²) in [6.07, 6.45) is 1.97. The molecule has 0 unspecified atom stereocenters. The van der Waals surface area contributed by atoms with E-state index in [0.29, 0.717) is 12.8 Å². The molecule has 1 aromatic rings. The van der Waals surface area contributed by atoms with Gasteiger partial charge in [0.25, 0.3) is 0 Å². The number of benzene rings is 1. The topological polar surface area (TPSA) is 197 Å². The number of esters is 1. The Morgan fingerprint density at radius 3 is 1.99 bits per heavy atom. The zero-order valence-electron chi connectivity index (χ0n) is 48.1. The summed E-state index contributed by atoms with van der Waals surface area (Å²) >= 11 is 0. The summed E-state index contributed by atoms with van der Waals surface area (Å²) in [6.45, 7) is 22.3. The third-order valence-corrected chi connectivity index (χ3v) is 19.9. The third-order valence-electron chi connectivity index (χ3n) is 16.8. The number of hydrogen-bond acceptors (Lipinski definition) is 14. The molecular weight excluding hydrogens is 987 g/mol. The smallest absolute Gasteiger partial charge is 0.311 e. The molecule has 1 amide bonds. The van der Waals surface area contributed by atoms with Crippen LogP contribution in [0.5, 0.6) is 0 Å². The van der Waals surface area contributed by atoms with Crippen molar-refractivity contribution in [2.45, 2.75) is 249 Å². The van der Waals surface area contributed by atoms with Gasteiger partial charge in [0.05, 0.1) is 72.4 Å². The molecule has 3 saturated heterocycles. The van der Waals surface area contributed by atoms with Gasteiger partial charge in [-0.3, -0.25) is 9.59 Å². The van der Waals surface area contributed by atoms with E-state index in [1.165, 1.54) is 51.2 Å². The Morgan fingerprint density at radius 2 is 1.42 bits per heavy atom. The first-order valence-electron chi connectivity index (χ1n) is 27.8. The summed E-state index contributed by atoms with van der Waals surface area (Å²) in [6, 6.07) is 9.69. The van der Waals surface area contributed by atoms with Gasteiger partial charge in [0.1, 0.15) is 30.0 Å². The summed E-state index contributed by atoms with van der Waals surface area (Å²) in [5, 5.41) is 61.6. The predicted molar refractivity (Wildman–Crippen MR) is 289 cm³/mol. The van der Waals surface area contributed by atoms with Crippen LogP contribution in [0.2, 0.25) is 0 Å². The number of nitrogens with zero attached hydrogens (tertiary/aromatic N) is 2. The minimum atomic E-state index is -1.99. The van der Waals surface area contributed by atoms with Gasteiger partial charge in [-0.2, -0.15) is 0 Å². The third kappa shape index (κ3) is 17.7. The highest BCUT2D eigenvalue weighted by Crippen LogP contribution is 2.50. The van der Waals surface area contributed by atoms with Crippen LogP contribution >= 0.6 is 7.26 Å². The first-order valence-corrected chi connectivity index (χ1v) is 30.7. The number of carbonyl (C=O) groups is 2. The van der Waals surface area contributed by atoms with E-state index in [1.54, 1.807) is 53.4 Å². The number of amides is 1. The second-order valence-electron chi connectivity index (χ2n) is 23.9. The van der Waals surface area contributed by atoms with Crippen molar-refractivity contribution < 1.29 is 75.9 Å². The summed E-state index contributed by atoms with van der Waals surface area (Å²) in [4.78, 5) is 32.6. The monoisotopic (exact) mass is 1090 g/mol. The second-order valence-corrected chi connectivity index (χ2v) is 28.3. The van der Waals surface area contributed by atoms with Crippen molar-refractivity contribution in [3.05, 3.63) is 30.3 Å². The van der Waals surface area contributed by atoms with E-state index in [1.807, 2.05) is 32.8 Å². The quantitative estimate of drug-likeness (QED) is 0.0704. The molecule has 18 atom stereocenters. The van der Waals surface area contributed by atoms with E-state index in [-0.39, 0.29) is 68.6 Å². The molecule has 5 N–H and O–H groups in total. The maximum absolute atomic E-state index is 14.6. The Balaban J connectivity index is 0.0000144. The van der Waals surface area contributed by atoms with Gasteiger partial charge in [-0.25, -0.2) is 0 Å².